The predicted octanol–water partition coefficient (Wildman–Crippen LogP) is 3.13. The monoisotopic (exact) mass is 394 g/mol. The van der Waals surface area contributed by atoms with Gasteiger partial charge in [-0.15, -0.1) is 0 Å². The standard InChI is InChI=1S/C22H30N6O/c1-4-5-21-17(2)14-22(29-21)28-11-7-18(25-28)16-26(3)20-15-24-8-6-19(20)27-12-9-23-10-13-27/h4-6,8,14-15,23H,7,9-13,16H2,1-3H3. The third-order valence-corrected chi connectivity index (χ3v) is 5.46. The third kappa shape index (κ3) is 4.29. The number of furan rings is 1. The molecule has 0 unspecified atom stereocenters. The highest BCUT2D eigenvalue weighted by molar-refractivity contribution is 5.92. The van der Waals surface area contributed by atoms with Gasteiger partial charge in [0.25, 0.3) is 0 Å². The second-order valence-electron chi connectivity index (χ2n) is 7.63. The van der Waals surface area contributed by atoms with Crippen LogP contribution >= 0.6 is 0 Å². The Morgan fingerprint density at radius 3 is 2.90 bits per heavy atom. The summed E-state index contributed by atoms with van der Waals surface area (Å²) in [5.74, 6) is 1.72. The van der Waals surface area contributed by atoms with E-state index >= 15 is 0 Å². The van der Waals surface area contributed by atoms with Crippen molar-refractivity contribution >= 4 is 29.0 Å². The fourth-order valence-electron chi connectivity index (χ4n) is 3.90. The van der Waals surface area contributed by atoms with Crippen molar-refractivity contribution in [2.75, 3.05) is 61.1 Å². The molecule has 0 radical (unpaired) electrons. The van der Waals surface area contributed by atoms with Gasteiger partial charge in [-0.25, -0.2) is 5.01 Å². The lowest BCUT2D eigenvalue weighted by molar-refractivity contribution is 0.543. The molecule has 4 rings (SSSR count). The Labute approximate surface area is 172 Å². The summed E-state index contributed by atoms with van der Waals surface area (Å²) < 4.78 is 5.97. The molecule has 1 fully saturated rings. The lowest BCUT2D eigenvalue weighted by atomic mass is 10.2. The summed E-state index contributed by atoms with van der Waals surface area (Å²) in [6.45, 7) is 9.77. The summed E-state index contributed by atoms with van der Waals surface area (Å²) in [6.07, 6.45) is 8.77. The first-order valence-electron chi connectivity index (χ1n) is 10.3. The number of allylic oxidation sites excluding steroid dienone is 1. The number of piperazine rings is 1. The third-order valence-electron chi connectivity index (χ3n) is 5.46. The molecule has 2 aromatic rings. The van der Waals surface area contributed by atoms with E-state index in [1.165, 1.54) is 5.69 Å². The first-order chi connectivity index (χ1) is 14.2. The summed E-state index contributed by atoms with van der Waals surface area (Å²) in [4.78, 5) is 9.06. The molecule has 4 heterocycles. The highest BCUT2D eigenvalue weighted by atomic mass is 16.4. The van der Waals surface area contributed by atoms with E-state index in [4.69, 9.17) is 9.52 Å². The number of hydrazone groups is 1. The maximum absolute atomic E-state index is 5.97. The Kier molecular flexibility index (Phi) is 5.85. The topological polar surface area (TPSA) is 60.1 Å². The normalized spacial score (nSPS) is 17.3. The van der Waals surface area contributed by atoms with Crippen LogP contribution < -0.4 is 20.1 Å². The minimum absolute atomic E-state index is 0.780. The zero-order valence-corrected chi connectivity index (χ0v) is 17.6. The largest absolute Gasteiger partial charge is 0.439 e. The second kappa shape index (κ2) is 8.69. The Hall–Kier alpha value is -2.80. The van der Waals surface area contributed by atoms with Crippen LogP contribution in [0.15, 0.2) is 40.1 Å². The molecule has 0 saturated carbocycles. The SMILES string of the molecule is CC=Cc1oc(N2CCC(CN(C)c3cnccc3N3CCNCC3)=N2)cc1C. The Bertz CT molecular complexity index is 896. The summed E-state index contributed by atoms with van der Waals surface area (Å²) in [5.41, 5.74) is 4.69. The van der Waals surface area contributed by atoms with Crippen LogP contribution in [0, 0.1) is 6.92 Å². The molecule has 0 bridgehead atoms. The fourth-order valence-corrected chi connectivity index (χ4v) is 3.90. The number of nitrogens with zero attached hydrogens (tertiary/aromatic N) is 5. The van der Waals surface area contributed by atoms with E-state index in [-0.39, 0.29) is 0 Å². The summed E-state index contributed by atoms with van der Waals surface area (Å²) >= 11 is 0. The Morgan fingerprint density at radius 1 is 1.28 bits per heavy atom. The van der Waals surface area contributed by atoms with Crippen molar-refractivity contribution in [2.24, 2.45) is 5.10 Å². The minimum atomic E-state index is 0.780. The summed E-state index contributed by atoms with van der Waals surface area (Å²) in [6, 6.07) is 4.18. The van der Waals surface area contributed by atoms with Crippen LogP contribution in [-0.4, -0.2) is 57.0 Å². The van der Waals surface area contributed by atoms with Crippen LogP contribution in [0.25, 0.3) is 6.08 Å². The smallest absolute Gasteiger partial charge is 0.216 e. The summed E-state index contributed by atoms with van der Waals surface area (Å²) in [7, 11) is 2.12. The van der Waals surface area contributed by atoms with Crippen molar-refractivity contribution in [3.63, 3.8) is 0 Å². The lowest BCUT2D eigenvalue weighted by Crippen LogP contribution is -2.44. The average molecular weight is 395 g/mol. The van der Waals surface area contributed by atoms with Gasteiger partial charge in [-0.3, -0.25) is 4.98 Å². The molecule has 0 spiro atoms. The first kappa shape index (κ1) is 19.5. The van der Waals surface area contributed by atoms with E-state index in [0.717, 1.165) is 74.3 Å². The molecule has 7 heteroatoms. The number of aromatic nitrogens is 1. The molecule has 0 aliphatic carbocycles. The van der Waals surface area contributed by atoms with E-state index in [2.05, 4.69) is 46.2 Å². The van der Waals surface area contributed by atoms with Gasteiger partial charge >= 0.3 is 0 Å². The van der Waals surface area contributed by atoms with E-state index in [0.29, 0.717) is 0 Å². The summed E-state index contributed by atoms with van der Waals surface area (Å²) in [5, 5.41) is 10.2. The molecule has 2 aromatic heterocycles. The van der Waals surface area contributed by atoms with Gasteiger partial charge in [-0.1, -0.05) is 6.08 Å². The van der Waals surface area contributed by atoms with Crippen molar-refractivity contribution in [2.45, 2.75) is 20.3 Å². The average Bonchev–Trinajstić information content (AvgIpc) is 3.36. The molecule has 154 valence electrons. The van der Waals surface area contributed by atoms with Gasteiger partial charge in [0.15, 0.2) is 0 Å². The number of hydrogen-bond acceptors (Lipinski definition) is 7. The first-order valence-corrected chi connectivity index (χ1v) is 10.3. The van der Waals surface area contributed by atoms with E-state index in [1.807, 2.05) is 36.5 Å². The van der Waals surface area contributed by atoms with Crippen LogP contribution in [0.4, 0.5) is 17.3 Å². The molecule has 0 aromatic carbocycles. The van der Waals surface area contributed by atoms with E-state index in [1.54, 1.807) is 0 Å². The molecule has 2 aliphatic heterocycles. The van der Waals surface area contributed by atoms with Gasteiger partial charge in [0, 0.05) is 51.9 Å². The number of nitrogens with one attached hydrogen (secondary N) is 1. The molecule has 0 amide bonds. The number of hydrogen-bond donors (Lipinski definition) is 1. The number of aryl methyl sites for hydroxylation is 1. The molecule has 29 heavy (non-hydrogen) atoms. The predicted molar refractivity (Wildman–Crippen MR) is 120 cm³/mol. The second-order valence-corrected chi connectivity index (χ2v) is 7.63. The maximum atomic E-state index is 5.97. The lowest BCUT2D eigenvalue weighted by Gasteiger charge is -2.33. The zero-order valence-electron chi connectivity index (χ0n) is 17.6. The maximum Gasteiger partial charge on any atom is 0.216 e. The van der Waals surface area contributed by atoms with Gasteiger partial charge in [0.05, 0.1) is 36.4 Å². The molecule has 0 atom stereocenters. The van der Waals surface area contributed by atoms with Crippen molar-refractivity contribution in [3.8, 4) is 0 Å². The molecule has 1 N–H and O–H groups in total. The number of rotatable bonds is 6. The van der Waals surface area contributed by atoms with Crippen LogP contribution in [0.5, 0.6) is 0 Å². The number of anilines is 3. The van der Waals surface area contributed by atoms with Crippen LogP contribution in [0.2, 0.25) is 0 Å². The Balaban J connectivity index is 1.47. The zero-order chi connectivity index (χ0) is 20.2. The van der Waals surface area contributed by atoms with Crippen LogP contribution in [0.3, 0.4) is 0 Å². The van der Waals surface area contributed by atoms with Gasteiger partial charge < -0.3 is 19.5 Å². The fraction of sp³-hybridized carbons (Fsp3) is 0.455. The van der Waals surface area contributed by atoms with Gasteiger partial charge in [-0.05, 0) is 31.6 Å². The van der Waals surface area contributed by atoms with Gasteiger partial charge in [0.2, 0.25) is 5.88 Å². The van der Waals surface area contributed by atoms with Crippen molar-refractivity contribution in [1.82, 2.24) is 10.3 Å². The number of pyridine rings is 1. The molecule has 7 nitrogen and oxygen atoms in total. The van der Waals surface area contributed by atoms with Crippen molar-refractivity contribution in [1.29, 1.82) is 0 Å². The van der Waals surface area contributed by atoms with Crippen LogP contribution in [0.1, 0.15) is 24.7 Å². The highest BCUT2D eigenvalue weighted by Crippen LogP contribution is 2.29. The van der Waals surface area contributed by atoms with Gasteiger partial charge in [0.1, 0.15) is 5.76 Å². The Morgan fingerprint density at radius 2 is 2.10 bits per heavy atom. The quantitative estimate of drug-likeness (QED) is 0.812. The minimum Gasteiger partial charge on any atom is -0.439 e. The molecule has 2 aliphatic rings. The van der Waals surface area contributed by atoms with Crippen molar-refractivity contribution < 1.29 is 4.42 Å². The van der Waals surface area contributed by atoms with Crippen molar-refractivity contribution in [3.05, 3.63) is 41.9 Å². The van der Waals surface area contributed by atoms with Gasteiger partial charge in [-0.2, -0.15) is 5.10 Å². The van der Waals surface area contributed by atoms with E-state index in [9.17, 15) is 0 Å². The van der Waals surface area contributed by atoms with Crippen LogP contribution in [-0.2, 0) is 0 Å². The molecule has 1 saturated heterocycles. The molecular formula is C22H30N6O. The van der Waals surface area contributed by atoms with E-state index < -0.39 is 0 Å². The highest BCUT2D eigenvalue weighted by Gasteiger charge is 2.22. The molecular weight excluding hydrogens is 364 g/mol.